The van der Waals surface area contributed by atoms with E-state index in [4.69, 9.17) is 0 Å². The maximum absolute atomic E-state index is 12.8. The molecule has 1 aromatic heterocycles. The summed E-state index contributed by atoms with van der Waals surface area (Å²) in [6.45, 7) is 7.28. The van der Waals surface area contributed by atoms with Gasteiger partial charge in [0.15, 0.2) is 5.78 Å². The highest BCUT2D eigenvalue weighted by Gasteiger charge is 2.21. The van der Waals surface area contributed by atoms with Gasteiger partial charge in [0.2, 0.25) is 11.1 Å². The lowest BCUT2D eigenvalue weighted by atomic mass is 10.1. The van der Waals surface area contributed by atoms with Gasteiger partial charge in [-0.3, -0.25) is 9.59 Å². The number of hydrogen-bond acceptors (Lipinski definition) is 6. The predicted octanol–water partition coefficient (Wildman–Crippen LogP) is 3.60. The van der Waals surface area contributed by atoms with Crippen LogP contribution >= 0.6 is 11.8 Å². The van der Waals surface area contributed by atoms with E-state index >= 15 is 0 Å². The van der Waals surface area contributed by atoms with Crippen molar-refractivity contribution in [3.8, 4) is 5.69 Å². The topological polar surface area (TPSA) is 89.8 Å². The maximum atomic E-state index is 12.8. The summed E-state index contributed by atoms with van der Waals surface area (Å²) in [5, 5.41) is 14.9. The van der Waals surface area contributed by atoms with Crippen LogP contribution in [0.2, 0.25) is 0 Å². The minimum absolute atomic E-state index is 0.0320. The Labute approximate surface area is 167 Å². The van der Waals surface area contributed by atoms with Gasteiger partial charge in [0.25, 0.3) is 0 Å². The van der Waals surface area contributed by atoms with Gasteiger partial charge in [-0.25, -0.2) is 0 Å². The van der Waals surface area contributed by atoms with Crippen LogP contribution in [0.15, 0.2) is 47.6 Å². The van der Waals surface area contributed by atoms with E-state index in [0.29, 0.717) is 16.4 Å². The largest absolute Gasteiger partial charge is 0.326 e. The molecule has 1 atom stereocenters. The number of carbonyl (C=O) groups is 2. The fourth-order valence-electron chi connectivity index (χ4n) is 2.90. The molecule has 1 heterocycles. The lowest BCUT2D eigenvalue weighted by Crippen LogP contribution is -2.15. The van der Waals surface area contributed by atoms with E-state index in [0.717, 1.165) is 16.8 Å². The van der Waals surface area contributed by atoms with Gasteiger partial charge in [0.05, 0.1) is 10.9 Å². The second-order valence-corrected chi connectivity index (χ2v) is 7.80. The quantitative estimate of drug-likeness (QED) is 0.507. The zero-order valence-electron chi connectivity index (χ0n) is 16.1. The van der Waals surface area contributed by atoms with Crippen LogP contribution in [0, 0.1) is 13.8 Å². The average Bonchev–Trinajstić information content (AvgIpc) is 3.09. The van der Waals surface area contributed by atoms with Gasteiger partial charge in [0, 0.05) is 18.2 Å². The molecule has 2 aromatic carbocycles. The van der Waals surface area contributed by atoms with Crippen molar-refractivity contribution >= 4 is 29.1 Å². The van der Waals surface area contributed by atoms with E-state index in [1.165, 1.54) is 18.7 Å². The molecule has 0 saturated carbocycles. The summed E-state index contributed by atoms with van der Waals surface area (Å²) >= 11 is 1.31. The molecule has 0 aliphatic heterocycles. The third kappa shape index (κ3) is 4.28. The third-order valence-electron chi connectivity index (χ3n) is 4.23. The highest BCUT2D eigenvalue weighted by Crippen LogP contribution is 2.28. The molecule has 1 N–H and O–H groups in total. The first-order valence-electron chi connectivity index (χ1n) is 8.80. The molecule has 0 bridgehead atoms. The van der Waals surface area contributed by atoms with Gasteiger partial charge in [-0.05, 0) is 66.6 Å². The molecular weight excluding hydrogens is 374 g/mol. The molecule has 1 unspecified atom stereocenters. The smallest absolute Gasteiger partial charge is 0.221 e. The third-order valence-corrected chi connectivity index (χ3v) is 5.27. The highest BCUT2D eigenvalue weighted by molar-refractivity contribution is 8.00. The summed E-state index contributed by atoms with van der Waals surface area (Å²) in [6.07, 6.45) is 0. The SMILES string of the molecule is CC(=O)Nc1ccc(C(=O)C(C)Sc2nnnn2-c2c(C)cccc2C)cc1. The van der Waals surface area contributed by atoms with Gasteiger partial charge < -0.3 is 5.32 Å². The molecule has 28 heavy (non-hydrogen) atoms. The molecule has 8 heteroatoms. The van der Waals surface area contributed by atoms with E-state index in [1.807, 2.05) is 39.0 Å². The molecule has 3 aromatic rings. The number of aromatic nitrogens is 4. The molecule has 0 spiro atoms. The van der Waals surface area contributed by atoms with Crippen molar-refractivity contribution in [2.24, 2.45) is 0 Å². The maximum Gasteiger partial charge on any atom is 0.221 e. The zero-order chi connectivity index (χ0) is 20.3. The molecule has 0 radical (unpaired) electrons. The van der Waals surface area contributed by atoms with Gasteiger partial charge in [-0.15, -0.1) is 5.10 Å². The van der Waals surface area contributed by atoms with Gasteiger partial charge >= 0.3 is 0 Å². The normalized spacial score (nSPS) is 11.9. The molecule has 1 amide bonds. The highest BCUT2D eigenvalue weighted by atomic mass is 32.2. The number of thioether (sulfide) groups is 1. The van der Waals surface area contributed by atoms with Crippen molar-refractivity contribution in [2.75, 3.05) is 5.32 Å². The van der Waals surface area contributed by atoms with Crippen LogP contribution in [0.5, 0.6) is 0 Å². The van der Waals surface area contributed by atoms with Crippen molar-refractivity contribution in [1.82, 2.24) is 20.2 Å². The Balaban J connectivity index is 1.79. The molecular formula is C20H21N5O2S. The molecule has 3 rings (SSSR count). The van der Waals surface area contributed by atoms with Crippen molar-refractivity contribution < 1.29 is 9.59 Å². The van der Waals surface area contributed by atoms with Gasteiger partial charge in [-0.2, -0.15) is 4.68 Å². The Morgan fingerprint density at radius 1 is 1.07 bits per heavy atom. The Morgan fingerprint density at radius 2 is 1.71 bits per heavy atom. The van der Waals surface area contributed by atoms with Crippen molar-refractivity contribution in [3.05, 3.63) is 59.2 Å². The van der Waals surface area contributed by atoms with Crippen LogP contribution in [0.1, 0.15) is 35.3 Å². The fourth-order valence-corrected chi connectivity index (χ4v) is 3.77. The summed E-state index contributed by atoms with van der Waals surface area (Å²) in [4.78, 5) is 23.9. The standard InChI is InChI=1S/C20H21N5O2S/c1-12-6-5-7-13(2)18(12)25-20(22-23-24-25)28-14(3)19(27)16-8-10-17(11-9-16)21-15(4)26/h5-11,14H,1-4H3,(H,21,26). The molecule has 0 saturated heterocycles. The number of anilines is 1. The first-order valence-corrected chi connectivity index (χ1v) is 9.68. The molecule has 0 aliphatic carbocycles. The summed E-state index contributed by atoms with van der Waals surface area (Å²) in [5.74, 6) is -0.184. The number of nitrogens with zero attached hydrogens (tertiary/aromatic N) is 4. The Kier molecular flexibility index (Phi) is 5.89. The minimum Gasteiger partial charge on any atom is -0.326 e. The second-order valence-electron chi connectivity index (χ2n) is 6.50. The van der Waals surface area contributed by atoms with Crippen molar-refractivity contribution in [3.63, 3.8) is 0 Å². The van der Waals surface area contributed by atoms with E-state index in [-0.39, 0.29) is 16.9 Å². The number of ketones is 1. The number of rotatable bonds is 6. The number of nitrogens with one attached hydrogen (secondary N) is 1. The van der Waals surface area contributed by atoms with Gasteiger partial charge in [-0.1, -0.05) is 30.0 Å². The Morgan fingerprint density at radius 3 is 2.32 bits per heavy atom. The lowest BCUT2D eigenvalue weighted by molar-refractivity contribution is -0.114. The van der Waals surface area contributed by atoms with Crippen LogP contribution in [0.3, 0.4) is 0 Å². The van der Waals surface area contributed by atoms with Crippen LogP contribution in [-0.2, 0) is 4.79 Å². The first kappa shape index (κ1) is 19.8. The number of para-hydroxylation sites is 1. The summed E-state index contributed by atoms with van der Waals surface area (Å²) in [5.41, 5.74) is 4.27. The second kappa shape index (κ2) is 8.35. The Hall–Kier alpha value is -3.00. The molecule has 7 nitrogen and oxygen atoms in total. The first-order chi connectivity index (χ1) is 13.4. The molecule has 144 valence electrons. The lowest BCUT2D eigenvalue weighted by Gasteiger charge is -2.13. The van der Waals surface area contributed by atoms with E-state index in [2.05, 4.69) is 20.8 Å². The van der Waals surface area contributed by atoms with Crippen molar-refractivity contribution in [2.45, 2.75) is 38.1 Å². The molecule has 0 fully saturated rings. The number of aryl methyl sites for hydroxylation is 2. The van der Waals surface area contributed by atoms with E-state index < -0.39 is 0 Å². The van der Waals surface area contributed by atoms with E-state index in [1.54, 1.807) is 28.9 Å². The number of carbonyl (C=O) groups excluding carboxylic acids is 2. The van der Waals surface area contributed by atoms with Crippen molar-refractivity contribution in [1.29, 1.82) is 0 Å². The number of benzene rings is 2. The van der Waals surface area contributed by atoms with Crippen LogP contribution in [0.25, 0.3) is 5.69 Å². The number of hydrogen-bond donors (Lipinski definition) is 1. The van der Waals surface area contributed by atoms with Crippen LogP contribution < -0.4 is 5.32 Å². The Bertz CT molecular complexity index is 993. The number of tetrazole rings is 1. The van der Waals surface area contributed by atoms with Crippen LogP contribution in [-0.4, -0.2) is 37.1 Å². The number of amides is 1. The molecule has 0 aliphatic rings. The zero-order valence-corrected chi connectivity index (χ0v) is 16.9. The van der Waals surface area contributed by atoms with Gasteiger partial charge in [0.1, 0.15) is 0 Å². The fraction of sp³-hybridized carbons (Fsp3) is 0.250. The van der Waals surface area contributed by atoms with Crippen LogP contribution in [0.4, 0.5) is 5.69 Å². The predicted molar refractivity (Wildman–Crippen MR) is 109 cm³/mol. The summed E-state index contributed by atoms with van der Waals surface area (Å²) in [6, 6.07) is 12.8. The number of Topliss-reactive ketones (excluding diaryl/α,β-unsaturated/α-hetero) is 1. The average molecular weight is 395 g/mol. The summed E-state index contributed by atoms with van der Waals surface area (Å²) in [7, 11) is 0. The van der Waals surface area contributed by atoms with E-state index in [9.17, 15) is 9.59 Å². The summed E-state index contributed by atoms with van der Waals surface area (Å²) < 4.78 is 1.68. The minimum atomic E-state index is -0.374. The monoisotopic (exact) mass is 395 g/mol.